The molecule has 0 bridgehead atoms. The molecule has 0 saturated heterocycles. The van der Waals surface area contributed by atoms with Gasteiger partial charge in [-0.15, -0.1) is 6.58 Å². The van der Waals surface area contributed by atoms with Crippen molar-refractivity contribution in [2.75, 3.05) is 6.54 Å². The second-order valence-electron chi connectivity index (χ2n) is 5.01. The van der Waals surface area contributed by atoms with Crippen LogP contribution in [0.1, 0.15) is 53.4 Å². The second-order valence-corrected chi connectivity index (χ2v) is 5.01. The van der Waals surface area contributed by atoms with Crippen LogP contribution in [-0.4, -0.2) is 12.6 Å². The topological polar surface area (TPSA) is 12.0 Å². The molecule has 0 saturated carbocycles. The molecule has 0 rings (SSSR count). The summed E-state index contributed by atoms with van der Waals surface area (Å²) in [7, 11) is 0. The lowest BCUT2D eigenvalue weighted by molar-refractivity contribution is 0.264. The number of nitrogens with one attached hydrogen (secondary N) is 1. The summed E-state index contributed by atoms with van der Waals surface area (Å²) in [6, 6.07) is 0.638. The largest absolute Gasteiger partial charge is 0.315 e. The van der Waals surface area contributed by atoms with Crippen LogP contribution < -0.4 is 5.32 Å². The fourth-order valence-electron chi connectivity index (χ4n) is 2.08. The second kappa shape index (κ2) is 7.05. The van der Waals surface area contributed by atoms with Gasteiger partial charge in [0.15, 0.2) is 0 Å². The molecule has 0 fully saturated rings. The maximum Gasteiger partial charge on any atom is 0.00436 e. The maximum absolute atomic E-state index is 3.76. The molecule has 1 atom stereocenters. The first kappa shape index (κ1) is 13.7. The van der Waals surface area contributed by atoms with Crippen LogP contribution in [0, 0.1) is 5.41 Å². The summed E-state index contributed by atoms with van der Waals surface area (Å²) in [4.78, 5) is 0. The molecule has 1 N–H and O–H groups in total. The molecule has 0 heterocycles. The predicted molar refractivity (Wildman–Crippen MR) is 65.6 cm³/mol. The molecule has 1 heteroatoms. The van der Waals surface area contributed by atoms with Gasteiger partial charge in [-0.3, -0.25) is 0 Å². The molecule has 0 aliphatic carbocycles. The quantitative estimate of drug-likeness (QED) is 0.461. The lowest BCUT2D eigenvalue weighted by atomic mass is 9.81. The Bertz CT molecular complexity index is 149. The van der Waals surface area contributed by atoms with E-state index in [1.54, 1.807) is 0 Å². The fraction of sp³-hybridized carbons (Fsp3) is 0.846. The molecule has 0 aromatic carbocycles. The van der Waals surface area contributed by atoms with E-state index in [9.17, 15) is 0 Å². The van der Waals surface area contributed by atoms with Crippen LogP contribution in [0.4, 0.5) is 0 Å². The number of allylic oxidation sites excluding steroid dienone is 1. The standard InChI is InChI=1S/C13H27N/c1-6-8-9-10-13(4,5)11-12(3)14-7-2/h6,12,14H,1,7-11H2,2-5H3. The minimum atomic E-state index is 0.463. The Balaban J connectivity index is 3.74. The average Bonchev–Trinajstić information content (AvgIpc) is 2.03. The summed E-state index contributed by atoms with van der Waals surface area (Å²) in [5.41, 5.74) is 0.463. The minimum Gasteiger partial charge on any atom is -0.315 e. The fourth-order valence-corrected chi connectivity index (χ4v) is 2.08. The highest BCUT2D eigenvalue weighted by Gasteiger charge is 2.19. The van der Waals surface area contributed by atoms with E-state index >= 15 is 0 Å². The van der Waals surface area contributed by atoms with E-state index < -0.39 is 0 Å². The van der Waals surface area contributed by atoms with Gasteiger partial charge in [-0.2, -0.15) is 0 Å². The van der Waals surface area contributed by atoms with Crippen molar-refractivity contribution in [2.24, 2.45) is 5.41 Å². The van der Waals surface area contributed by atoms with Gasteiger partial charge >= 0.3 is 0 Å². The van der Waals surface area contributed by atoms with Gasteiger partial charge in [0.25, 0.3) is 0 Å². The molecule has 0 amide bonds. The molecule has 0 radical (unpaired) electrons. The minimum absolute atomic E-state index is 0.463. The molecule has 0 aliphatic rings. The lowest BCUT2D eigenvalue weighted by Crippen LogP contribution is -2.31. The molecule has 0 aliphatic heterocycles. The Morgan fingerprint density at radius 2 is 2.07 bits per heavy atom. The van der Waals surface area contributed by atoms with Crippen molar-refractivity contribution in [3.8, 4) is 0 Å². The summed E-state index contributed by atoms with van der Waals surface area (Å²) in [5.74, 6) is 0. The van der Waals surface area contributed by atoms with Crippen LogP contribution in [-0.2, 0) is 0 Å². The summed E-state index contributed by atoms with van der Waals surface area (Å²) in [6.07, 6.45) is 7.00. The summed E-state index contributed by atoms with van der Waals surface area (Å²) < 4.78 is 0. The van der Waals surface area contributed by atoms with Crippen molar-refractivity contribution in [1.82, 2.24) is 5.32 Å². The smallest absolute Gasteiger partial charge is 0.00436 e. The number of hydrogen-bond donors (Lipinski definition) is 1. The van der Waals surface area contributed by atoms with E-state index in [0.29, 0.717) is 11.5 Å². The SMILES string of the molecule is C=CCCCC(C)(C)CC(C)NCC. The first-order chi connectivity index (χ1) is 6.52. The molecular formula is C13H27N. The van der Waals surface area contributed by atoms with E-state index in [1.807, 2.05) is 6.08 Å². The van der Waals surface area contributed by atoms with Crippen LogP contribution >= 0.6 is 0 Å². The van der Waals surface area contributed by atoms with Gasteiger partial charge in [0.05, 0.1) is 0 Å². The van der Waals surface area contributed by atoms with Gasteiger partial charge in [-0.25, -0.2) is 0 Å². The van der Waals surface area contributed by atoms with E-state index in [0.717, 1.165) is 13.0 Å². The molecule has 14 heavy (non-hydrogen) atoms. The first-order valence-corrected chi connectivity index (χ1v) is 5.86. The molecule has 84 valence electrons. The van der Waals surface area contributed by atoms with Crippen molar-refractivity contribution in [3.63, 3.8) is 0 Å². The van der Waals surface area contributed by atoms with Crippen LogP contribution in [0.5, 0.6) is 0 Å². The number of unbranched alkanes of at least 4 members (excludes halogenated alkanes) is 1. The first-order valence-electron chi connectivity index (χ1n) is 5.86. The van der Waals surface area contributed by atoms with Crippen molar-refractivity contribution in [3.05, 3.63) is 12.7 Å². The third kappa shape index (κ3) is 7.14. The zero-order chi connectivity index (χ0) is 11.0. The third-order valence-corrected chi connectivity index (χ3v) is 2.67. The van der Waals surface area contributed by atoms with Gasteiger partial charge in [-0.05, 0) is 44.6 Å². The van der Waals surface area contributed by atoms with E-state index in [4.69, 9.17) is 0 Å². The van der Waals surface area contributed by atoms with Gasteiger partial charge in [0.2, 0.25) is 0 Å². The van der Waals surface area contributed by atoms with Crippen molar-refractivity contribution >= 4 is 0 Å². The maximum atomic E-state index is 3.76. The van der Waals surface area contributed by atoms with Crippen molar-refractivity contribution in [1.29, 1.82) is 0 Å². The normalized spacial score (nSPS) is 14.0. The van der Waals surface area contributed by atoms with Gasteiger partial charge in [0, 0.05) is 6.04 Å². The van der Waals surface area contributed by atoms with Crippen LogP contribution in [0.15, 0.2) is 12.7 Å². The summed E-state index contributed by atoms with van der Waals surface area (Å²) in [5, 5.41) is 3.47. The van der Waals surface area contributed by atoms with E-state index in [2.05, 4.69) is 39.6 Å². The van der Waals surface area contributed by atoms with Gasteiger partial charge in [0.1, 0.15) is 0 Å². The van der Waals surface area contributed by atoms with Crippen LogP contribution in [0.2, 0.25) is 0 Å². The Hall–Kier alpha value is -0.300. The average molecular weight is 197 g/mol. The monoisotopic (exact) mass is 197 g/mol. The molecule has 1 nitrogen and oxygen atoms in total. The Kier molecular flexibility index (Phi) is 6.90. The number of rotatable bonds is 8. The number of hydrogen-bond acceptors (Lipinski definition) is 1. The Labute approximate surface area is 90.0 Å². The molecule has 1 unspecified atom stereocenters. The van der Waals surface area contributed by atoms with Gasteiger partial charge in [-0.1, -0.05) is 26.8 Å². The third-order valence-electron chi connectivity index (χ3n) is 2.67. The zero-order valence-electron chi connectivity index (χ0n) is 10.4. The highest BCUT2D eigenvalue weighted by Crippen LogP contribution is 2.28. The van der Waals surface area contributed by atoms with E-state index in [-0.39, 0.29) is 0 Å². The molecule has 0 aromatic heterocycles. The van der Waals surface area contributed by atoms with Gasteiger partial charge < -0.3 is 5.32 Å². The Morgan fingerprint density at radius 3 is 2.57 bits per heavy atom. The van der Waals surface area contributed by atoms with Crippen LogP contribution in [0.25, 0.3) is 0 Å². The molecule has 0 aromatic rings. The molecular weight excluding hydrogens is 170 g/mol. The Morgan fingerprint density at radius 1 is 1.43 bits per heavy atom. The van der Waals surface area contributed by atoms with Crippen molar-refractivity contribution in [2.45, 2.75) is 59.4 Å². The lowest BCUT2D eigenvalue weighted by Gasteiger charge is -2.28. The van der Waals surface area contributed by atoms with Crippen LogP contribution in [0.3, 0.4) is 0 Å². The van der Waals surface area contributed by atoms with E-state index in [1.165, 1.54) is 19.3 Å². The summed E-state index contributed by atoms with van der Waals surface area (Å²) in [6.45, 7) is 14.0. The van der Waals surface area contributed by atoms with Crippen molar-refractivity contribution < 1.29 is 0 Å². The highest BCUT2D eigenvalue weighted by molar-refractivity contribution is 4.76. The summed E-state index contributed by atoms with van der Waals surface area (Å²) >= 11 is 0. The predicted octanol–water partition coefficient (Wildman–Crippen LogP) is 3.76. The zero-order valence-corrected chi connectivity index (χ0v) is 10.4. The molecule has 0 spiro atoms. The highest BCUT2D eigenvalue weighted by atomic mass is 14.9.